The SMILES string of the molecule is CCCCCCCC(=O)OCCCOC(OC(=O)CCCCCCC)N1CN(C)c2c1nc(N)n(C)c2=O.I. The Morgan fingerprint density at radius 2 is 1.49 bits per heavy atom. The summed E-state index contributed by atoms with van der Waals surface area (Å²) in [6.07, 6.45) is 10.5. The van der Waals surface area contributed by atoms with Crippen LogP contribution in [0.5, 0.6) is 0 Å². The van der Waals surface area contributed by atoms with Crippen LogP contribution in [0.2, 0.25) is 0 Å². The molecule has 224 valence electrons. The minimum atomic E-state index is -1.09. The third-order valence-electron chi connectivity index (χ3n) is 6.57. The molecule has 1 aromatic rings. The number of nitrogens with zero attached hydrogens (tertiary/aromatic N) is 4. The standard InChI is InChI=1S/C27H47N5O6.HI/c1-5-7-9-11-13-16-21(33)36-18-15-19-37-27(38-22(34)17-14-12-10-8-6-2)32-20-30(3)23-24(32)29-26(28)31(4)25(23)35;/h27H,5-20H2,1-4H3,(H2,28,29);1H. The fourth-order valence-electron chi connectivity index (χ4n) is 4.27. The number of hydrogen-bond donors (Lipinski definition) is 1. The van der Waals surface area contributed by atoms with E-state index < -0.39 is 6.41 Å². The van der Waals surface area contributed by atoms with Gasteiger partial charge in [-0.3, -0.25) is 23.9 Å². The lowest BCUT2D eigenvalue weighted by Crippen LogP contribution is -2.43. The van der Waals surface area contributed by atoms with E-state index in [1.54, 1.807) is 23.9 Å². The number of unbranched alkanes of at least 4 members (excludes halogenated alkanes) is 8. The zero-order valence-corrected chi connectivity index (χ0v) is 26.4. The van der Waals surface area contributed by atoms with Crippen molar-refractivity contribution in [2.24, 2.45) is 7.05 Å². The molecular formula is C27H48IN5O6. The number of anilines is 3. The van der Waals surface area contributed by atoms with Gasteiger partial charge in [0, 0.05) is 33.4 Å². The summed E-state index contributed by atoms with van der Waals surface area (Å²) in [5.74, 6) is -0.230. The van der Waals surface area contributed by atoms with E-state index >= 15 is 0 Å². The molecule has 2 rings (SSSR count). The molecule has 0 fully saturated rings. The number of hydrogen-bond acceptors (Lipinski definition) is 10. The summed E-state index contributed by atoms with van der Waals surface area (Å²) in [5.41, 5.74) is 6.01. The van der Waals surface area contributed by atoms with E-state index in [1.165, 1.54) is 17.4 Å². The van der Waals surface area contributed by atoms with Gasteiger partial charge in [-0.05, 0) is 12.8 Å². The Labute approximate surface area is 249 Å². The van der Waals surface area contributed by atoms with Crippen molar-refractivity contribution in [3.63, 3.8) is 0 Å². The minimum absolute atomic E-state index is 0. The van der Waals surface area contributed by atoms with Gasteiger partial charge in [0.05, 0.1) is 19.9 Å². The maximum Gasteiger partial charge on any atom is 0.309 e. The lowest BCUT2D eigenvalue weighted by molar-refractivity contribution is -0.179. The number of nitrogens with two attached hydrogens (primary N) is 1. The highest BCUT2D eigenvalue weighted by Crippen LogP contribution is 2.32. The van der Waals surface area contributed by atoms with E-state index in [9.17, 15) is 14.4 Å². The summed E-state index contributed by atoms with van der Waals surface area (Å²) in [4.78, 5) is 45.1. The molecule has 2 N–H and O–H groups in total. The van der Waals surface area contributed by atoms with Crippen LogP contribution in [0.1, 0.15) is 97.3 Å². The Kier molecular flexibility index (Phi) is 17.1. The monoisotopic (exact) mass is 665 g/mol. The first-order valence-electron chi connectivity index (χ1n) is 14.1. The predicted molar refractivity (Wildman–Crippen MR) is 163 cm³/mol. The van der Waals surface area contributed by atoms with Crippen LogP contribution in [0.4, 0.5) is 17.5 Å². The van der Waals surface area contributed by atoms with Crippen molar-refractivity contribution in [2.75, 3.05) is 42.5 Å². The zero-order valence-electron chi connectivity index (χ0n) is 24.1. The number of carbonyl (C=O) groups excluding carboxylic acids is 2. The molecule has 1 aliphatic heterocycles. The molecule has 0 saturated carbocycles. The second-order valence-electron chi connectivity index (χ2n) is 9.89. The lowest BCUT2D eigenvalue weighted by atomic mass is 10.1. The van der Waals surface area contributed by atoms with Gasteiger partial charge < -0.3 is 24.8 Å². The number of esters is 2. The first-order chi connectivity index (χ1) is 18.3. The Morgan fingerprint density at radius 1 is 0.897 bits per heavy atom. The second kappa shape index (κ2) is 19.1. The number of fused-ring (bicyclic) bond motifs is 1. The van der Waals surface area contributed by atoms with E-state index in [0.717, 1.165) is 51.4 Å². The van der Waals surface area contributed by atoms with Gasteiger partial charge in [0.2, 0.25) is 5.95 Å². The Bertz CT molecular complexity index is 944. The van der Waals surface area contributed by atoms with Crippen molar-refractivity contribution in [1.29, 1.82) is 0 Å². The molecule has 0 aromatic carbocycles. The van der Waals surface area contributed by atoms with E-state index in [1.807, 2.05) is 0 Å². The van der Waals surface area contributed by atoms with Crippen LogP contribution in [0, 0.1) is 0 Å². The van der Waals surface area contributed by atoms with Crippen molar-refractivity contribution < 1.29 is 23.8 Å². The molecule has 39 heavy (non-hydrogen) atoms. The van der Waals surface area contributed by atoms with Crippen molar-refractivity contribution in [1.82, 2.24) is 9.55 Å². The number of carbonyl (C=O) groups is 2. The average molecular weight is 666 g/mol. The van der Waals surface area contributed by atoms with E-state index in [4.69, 9.17) is 19.9 Å². The highest BCUT2D eigenvalue weighted by molar-refractivity contribution is 14.0. The fraction of sp³-hybridized carbons (Fsp3) is 0.778. The highest BCUT2D eigenvalue weighted by Gasteiger charge is 2.36. The van der Waals surface area contributed by atoms with Crippen LogP contribution in [0.3, 0.4) is 0 Å². The maximum absolute atomic E-state index is 12.8. The van der Waals surface area contributed by atoms with Crippen LogP contribution in [-0.4, -0.2) is 54.8 Å². The molecule has 0 spiro atoms. The molecule has 1 aliphatic rings. The van der Waals surface area contributed by atoms with E-state index in [0.29, 0.717) is 24.3 Å². The van der Waals surface area contributed by atoms with Gasteiger partial charge in [0.15, 0.2) is 5.82 Å². The van der Waals surface area contributed by atoms with Crippen molar-refractivity contribution in [3.8, 4) is 0 Å². The summed E-state index contributed by atoms with van der Waals surface area (Å²) in [7, 11) is 3.31. The Morgan fingerprint density at radius 3 is 2.10 bits per heavy atom. The summed E-state index contributed by atoms with van der Waals surface area (Å²) in [6.45, 7) is 4.94. The molecule has 12 heteroatoms. The van der Waals surface area contributed by atoms with Gasteiger partial charge in [-0.1, -0.05) is 65.2 Å². The molecule has 1 atom stereocenters. The van der Waals surface area contributed by atoms with Gasteiger partial charge in [0.1, 0.15) is 5.69 Å². The third-order valence-corrected chi connectivity index (χ3v) is 6.57. The summed E-state index contributed by atoms with van der Waals surface area (Å²) < 4.78 is 18.2. The molecular weight excluding hydrogens is 617 g/mol. The lowest BCUT2D eigenvalue weighted by Gasteiger charge is -2.28. The molecule has 2 heterocycles. The molecule has 1 aromatic heterocycles. The summed E-state index contributed by atoms with van der Waals surface area (Å²) in [6, 6.07) is 0. The minimum Gasteiger partial charge on any atom is -0.466 e. The average Bonchev–Trinajstić information content (AvgIpc) is 3.21. The number of nitrogen functional groups attached to an aromatic ring is 1. The van der Waals surface area contributed by atoms with Crippen molar-refractivity contribution in [3.05, 3.63) is 10.4 Å². The first-order valence-corrected chi connectivity index (χ1v) is 14.1. The second-order valence-corrected chi connectivity index (χ2v) is 9.89. The van der Waals surface area contributed by atoms with Crippen molar-refractivity contribution >= 4 is 53.4 Å². The fourth-order valence-corrected chi connectivity index (χ4v) is 4.27. The largest absolute Gasteiger partial charge is 0.466 e. The smallest absolute Gasteiger partial charge is 0.309 e. The summed E-state index contributed by atoms with van der Waals surface area (Å²) >= 11 is 0. The number of aromatic nitrogens is 2. The first kappa shape index (κ1) is 34.9. The van der Waals surface area contributed by atoms with Gasteiger partial charge in [-0.15, -0.1) is 24.0 Å². The van der Waals surface area contributed by atoms with Crippen LogP contribution < -0.4 is 21.1 Å². The van der Waals surface area contributed by atoms with Gasteiger partial charge in [0.25, 0.3) is 12.0 Å². The molecule has 0 amide bonds. The topological polar surface area (TPSA) is 129 Å². The third kappa shape index (κ3) is 11.5. The normalized spacial score (nSPS) is 13.1. The Balaban J connectivity index is 0.00000760. The molecule has 0 saturated heterocycles. The van der Waals surface area contributed by atoms with Crippen LogP contribution in [0.15, 0.2) is 4.79 Å². The van der Waals surface area contributed by atoms with Crippen LogP contribution >= 0.6 is 24.0 Å². The van der Waals surface area contributed by atoms with E-state index in [-0.39, 0.29) is 73.7 Å². The number of halogens is 1. The van der Waals surface area contributed by atoms with E-state index in [2.05, 4.69) is 18.8 Å². The van der Waals surface area contributed by atoms with Crippen molar-refractivity contribution in [2.45, 2.75) is 104 Å². The van der Waals surface area contributed by atoms with Crippen LogP contribution in [-0.2, 0) is 30.8 Å². The predicted octanol–water partition coefficient (Wildman–Crippen LogP) is 4.69. The summed E-state index contributed by atoms with van der Waals surface area (Å²) in [5, 5.41) is 0. The highest BCUT2D eigenvalue weighted by atomic mass is 127. The van der Waals surface area contributed by atoms with Gasteiger partial charge in [-0.25, -0.2) is 0 Å². The number of ether oxygens (including phenoxy) is 3. The molecule has 11 nitrogen and oxygen atoms in total. The van der Waals surface area contributed by atoms with Crippen LogP contribution in [0.25, 0.3) is 0 Å². The Hall–Kier alpha value is -2.09. The molecule has 0 radical (unpaired) electrons. The maximum atomic E-state index is 12.8. The zero-order chi connectivity index (χ0) is 27.9. The molecule has 1 unspecified atom stereocenters. The van der Waals surface area contributed by atoms with Gasteiger partial charge >= 0.3 is 11.9 Å². The molecule has 0 bridgehead atoms. The molecule has 0 aliphatic carbocycles. The number of rotatable bonds is 19. The van der Waals surface area contributed by atoms with Gasteiger partial charge in [-0.2, -0.15) is 4.98 Å². The quantitative estimate of drug-likeness (QED) is 0.0962.